The molecule has 0 radical (unpaired) electrons. The molecule has 1 aromatic rings. The molecular formula is C14H19NO3. The summed E-state index contributed by atoms with van der Waals surface area (Å²) >= 11 is 0. The maximum atomic E-state index is 11.8. The van der Waals surface area contributed by atoms with Crippen LogP contribution in [0.4, 0.5) is 0 Å². The van der Waals surface area contributed by atoms with E-state index in [4.69, 9.17) is 9.47 Å². The molecule has 98 valence electrons. The Hall–Kier alpha value is -1.55. The summed E-state index contributed by atoms with van der Waals surface area (Å²) in [5.74, 6) is 0.908. The maximum Gasteiger partial charge on any atom is 0.222 e. The third-order valence-corrected chi connectivity index (χ3v) is 3.06. The van der Waals surface area contributed by atoms with E-state index >= 15 is 0 Å². The summed E-state index contributed by atoms with van der Waals surface area (Å²) in [7, 11) is 1.60. The second kappa shape index (κ2) is 6.40. The lowest BCUT2D eigenvalue weighted by Crippen LogP contribution is -2.29. The number of fused-ring (bicyclic) bond motifs is 1. The molecule has 0 fully saturated rings. The van der Waals surface area contributed by atoms with Gasteiger partial charge >= 0.3 is 0 Å². The number of para-hydroxylation sites is 1. The molecule has 1 aliphatic heterocycles. The third kappa shape index (κ3) is 3.23. The van der Waals surface area contributed by atoms with Crippen molar-refractivity contribution in [1.29, 1.82) is 0 Å². The highest BCUT2D eigenvalue weighted by atomic mass is 16.5. The van der Waals surface area contributed by atoms with Gasteiger partial charge in [-0.25, -0.2) is 0 Å². The molecule has 2 rings (SSSR count). The number of hydrogen-bond acceptors (Lipinski definition) is 3. The van der Waals surface area contributed by atoms with Gasteiger partial charge in [0.15, 0.2) is 0 Å². The van der Waals surface area contributed by atoms with E-state index in [1.807, 2.05) is 24.3 Å². The Labute approximate surface area is 107 Å². The zero-order chi connectivity index (χ0) is 12.8. The number of hydrogen-bond donors (Lipinski definition) is 1. The highest BCUT2D eigenvalue weighted by Gasteiger charge is 2.20. The number of ether oxygens (including phenoxy) is 2. The Bertz CT molecular complexity index is 406. The van der Waals surface area contributed by atoms with Gasteiger partial charge in [0, 0.05) is 19.1 Å². The molecule has 0 saturated carbocycles. The molecule has 1 N–H and O–H groups in total. The van der Waals surface area contributed by atoms with Crippen LogP contribution >= 0.6 is 0 Å². The summed E-state index contributed by atoms with van der Waals surface area (Å²) in [5, 5.41) is 3.05. The molecule has 0 spiro atoms. The van der Waals surface area contributed by atoms with E-state index in [0.717, 1.165) is 24.2 Å². The average molecular weight is 249 g/mol. The molecule has 0 saturated heterocycles. The smallest absolute Gasteiger partial charge is 0.222 e. The molecule has 0 aliphatic carbocycles. The molecule has 0 aromatic heterocycles. The molecule has 4 heteroatoms. The number of benzene rings is 1. The first kappa shape index (κ1) is 12.9. The first-order chi connectivity index (χ1) is 8.81. The molecule has 1 amide bonds. The normalized spacial score (nSPS) is 18.4. The maximum absolute atomic E-state index is 11.8. The highest BCUT2D eigenvalue weighted by Crippen LogP contribution is 2.31. The predicted octanol–water partition coefficient (Wildman–Crippen LogP) is 2.05. The van der Waals surface area contributed by atoms with Gasteiger partial charge in [-0.1, -0.05) is 18.2 Å². The Balaban J connectivity index is 2.06. The van der Waals surface area contributed by atoms with Crippen molar-refractivity contribution in [1.82, 2.24) is 5.32 Å². The van der Waals surface area contributed by atoms with Crippen LogP contribution in [0.15, 0.2) is 24.3 Å². The minimum atomic E-state index is 0.0264. The predicted molar refractivity (Wildman–Crippen MR) is 68.5 cm³/mol. The van der Waals surface area contributed by atoms with Crippen molar-refractivity contribution in [2.24, 2.45) is 0 Å². The summed E-state index contributed by atoms with van der Waals surface area (Å²) in [6.45, 7) is 1.16. The topological polar surface area (TPSA) is 47.6 Å². The SMILES string of the molecule is COCCC(=O)NC1CCCOc2ccccc21. The van der Waals surface area contributed by atoms with Gasteiger partial charge in [-0.2, -0.15) is 0 Å². The van der Waals surface area contributed by atoms with Gasteiger partial charge in [0.1, 0.15) is 5.75 Å². The van der Waals surface area contributed by atoms with Gasteiger partial charge in [0.25, 0.3) is 0 Å². The summed E-state index contributed by atoms with van der Waals surface area (Å²) in [6, 6.07) is 7.94. The lowest BCUT2D eigenvalue weighted by Gasteiger charge is -2.18. The van der Waals surface area contributed by atoms with Crippen molar-refractivity contribution in [2.75, 3.05) is 20.3 Å². The van der Waals surface area contributed by atoms with E-state index in [1.54, 1.807) is 7.11 Å². The lowest BCUT2D eigenvalue weighted by atomic mass is 10.0. The lowest BCUT2D eigenvalue weighted by molar-refractivity contribution is -0.122. The molecule has 1 aromatic carbocycles. The fraction of sp³-hybridized carbons (Fsp3) is 0.500. The second-order valence-electron chi connectivity index (χ2n) is 4.39. The highest BCUT2D eigenvalue weighted by molar-refractivity contribution is 5.76. The fourth-order valence-electron chi connectivity index (χ4n) is 2.14. The molecule has 18 heavy (non-hydrogen) atoms. The first-order valence-electron chi connectivity index (χ1n) is 6.31. The monoisotopic (exact) mass is 249 g/mol. The summed E-state index contributed by atoms with van der Waals surface area (Å²) in [5.41, 5.74) is 1.07. The summed E-state index contributed by atoms with van der Waals surface area (Å²) in [4.78, 5) is 11.8. The van der Waals surface area contributed by atoms with Crippen molar-refractivity contribution in [3.05, 3.63) is 29.8 Å². The molecule has 1 unspecified atom stereocenters. The molecule has 1 aliphatic rings. The van der Waals surface area contributed by atoms with Crippen LogP contribution in [0.2, 0.25) is 0 Å². The van der Waals surface area contributed by atoms with Gasteiger partial charge in [-0.15, -0.1) is 0 Å². The van der Waals surface area contributed by atoms with Crippen LogP contribution in [-0.4, -0.2) is 26.2 Å². The van der Waals surface area contributed by atoms with Crippen LogP contribution < -0.4 is 10.1 Å². The Morgan fingerprint density at radius 2 is 2.33 bits per heavy atom. The number of carbonyl (C=O) groups excluding carboxylic acids is 1. The third-order valence-electron chi connectivity index (χ3n) is 3.06. The molecule has 0 bridgehead atoms. The quantitative estimate of drug-likeness (QED) is 0.888. The Morgan fingerprint density at radius 3 is 3.17 bits per heavy atom. The first-order valence-corrected chi connectivity index (χ1v) is 6.31. The van der Waals surface area contributed by atoms with Crippen LogP contribution in [0.5, 0.6) is 5.75 Å². The average Bonchev–Trinajstić information content (AvgIpc) is 2.59. The van der Waals surface area contributed by atoms with Gasteiger partial charge in [-0.05, 0) is 18.9 Å². The van der Waals surface area contributed by atoms with Crippen molar-refractivity contribution in [3.8, 4) is 5.75 Å². The van der Waals surface area contributed by atoms with E-state index < -0.39 is 0 Å². The van der Waals surface area contributed by atoms with Crippen LogP contribution in [0.1, 0.15) is 30.9 Å². The van der Waals surface area contributed by atoms with E-state index in [0.29, 0.717) is 19.6 Å². The zero-order valence-corrected chi connectivity index (χ0v) is 10.6. The van der Waals surface area contributed by atoms with E-state index in [1.165, 1.54) is 0 Å². The minimum Gasteiger partial charge on any atom is -0.493 e. The number of amides is 1. The minimum absolute atomic E-state index is 0.0264. The van der Waals surface area contributed by atoms with Gasteiger partial charge in [0.05, 0.1) is 19.3 Å². The van der Waals surface area contributed by atoms with Crippen molar-refractivity contribution in [2.45, 2.75) is 25.3 Å². The van der Waals surface area contributed by atoms with Gasteiger partial charge in [-0.3, -0.25) is 4.79 Å². The number of rotatable bonds is 4. The zero-order valence-electron chi connectivity index (χ0n) is 10.6. The van der Waals surface area contributed by atoms with Crippen molar-refractivity contribution < 1.29 is 14.3 Å². The molecule has 1 heterocycles. The summed E-state index contributed by atoms with van der Waals surface area (Å²) < 4.78 is 10.6. The van der Waals surface area contributed by atoms with E-state index in [-0.39, 0.29) is 11.9 Å². The largest absolute Gasteiger partial charge is 0.493 e. The van der Waals surface area contributed by atoms with Crippen LogP contribution in [0.25, 0.3) is 0 Å². The standard InChI is InChI=1S/C14H19NO3/c1-17-10-8-14(16)15-12-6-4-9-18-13-7-3-2-5-11(12)13/h2-3,5,7,12H,4,6,8-10H2,1H3,(H,15,16). The molecule has 1 atom stereocenters. The van der Waals surface area contributed by atoms with E-state index in [9.17, 15) is 4.79 Å². The van der Waals surface area contributed by atoms with Crippen LogP contribution in [0, 0.1) is 0 Å². The second-order valence-corrected chi connectivity index (χ2v) is 4.39. The fourth-order valence-corrected chi connectivity index (χ4v) is 2.14. The van der Waals surface area contributed by atoms with Gasteiger partial charge < -0.3 is 14.8 Å². The van der Waals surface area contributed by atoms with E-state index in [2.05, 4.69) is 5.32 Å². The Morgan fingerprint density at radius 1 is 1.50 bits per heavy atom. The Kier molecular flexibility index (Phi) is 4.59. The molecule has 4 nitrogen and oxygen atoms in total. The number of carbonyl (C=O) groups is 1. The van der Waals surface area contributed by atoms with Crippen LogP contribution in [-0.2, 0) is 9.53 Å². The van der Waals surface area contributed by atoms with Gasteiger partial charge in [0.2, 0.25) is 5.91 Å². The van der Waals surface area contributed by atoms with Crippen molar-refractivity contribution in [3.63, 3.8) is 0 Å². The molecular weight excluding hydrogens is 230 g/mol. The van der Waals surface area contributed by atoms with Crippen molar-refractivity contribution >= 4 is 5.91 Å². The van der Waals surface area contributed by atoms with Crippen LogP contribution in [0.3, 0.4) is 0 Å². The summed E-state index contributed by atoms with van der Waals surface area (Å²) in [6.07, 6.45) is 2.26. The number of nitrogens with one attached hydrogen (secondary N) is 1. The number of methoxy groups -OCH3 is 1.